The zero-order valence-corrected chi connectivity index (χ0v) is 15.5. The van der Waals surface area contributed by atoms with Gasteiger partial charge in [-0.25, -0.2) is 9.18 Å². The average molecular weight is 389 g/mol. The molecule has 7 heteroatoms. The number of benzene rings is 2. The SMILES string of the molecule is O=C(COC(=O)c1ccccc1SC[C@@H]1CCCO1)Nc1ccc(F)cc1. The summed E-state index contributed by atoms with van der Waals surface area (Å²) >= 11 is 1.55. The summed E-state index contributed by atoms with van der Waals surface area (Å²) in [4.78, 5) is 25.1. The number of esters is 1. The van der Waals surface area contributed by atoms with Gasteiger partial charge in [0, 0.05) is 22.9 Å². The quantitative estimate of drug-likeness (QED) is 0.575. The Morgan fingerprint density at radius 1 is 1.19 bits per heavy atom. The van der Waals surface area contributed by atoms with Crippen molar-refractivity contribution in [2.24, 2.45) is 0 Å². The van der Waals surface area contributed by atoms with Crippen LogP contribution in [-0.4, -0.2) is 36.9 Å². The molecule has 1 amide bonds. The van der Waals surface area contributed by atoms with Crippen molar-refractivity contribution < 1.29 is 23.5 Å². The van der Waals surface area contributed by atoms with E-state index in [4.69, 9.17) is 9.47 Å². The topological polar surface area (TPSA) is 64.6 Å². The van der Waals surface area contributed by atoms with Gasteiger partial charge in [0.05, 0.1) is 11.7 Å². The van der Waals surface area contributed by atoms with Crippen LogP contribution in [0.2, 0.25) is 0 Å². The van der Waals surface area contributed by atoms with Crippen molar-refractivity contribution in [2.45, 2.75) is 23.8 Å². The molecule has 1 heterocycles. The Balaban J connectivity index is 1.52. The highest BCUT2D eigenvalue weighted by Gasteiger charge is 2.19. The van der Waals surface area contributed by atoms with Crippen LogP contribution >= 0.6 is 11.8 Å². The van der Waals surface area contributed by atoms with E-state index in [0.29, 0.717) is 11.3 Å². The molecule has 5 nitrogen and oxygen atoms in total. The Labute approximate surface area is 161 Å². The van der Waals surface area contributed by atoms with Crippen LogP contribution in [0.1, 0.15) is 23.2 Å². The second kappa shape index (κ2) is 9.53. The van der Waals surface area contributed by atoms with E-state index in [9.17, 15) is 14.0 Å². The number of thioether (sulfide) groups is 1. The molecule has 1 aliphatic heterocycles. The zero-order valence-electron chi connectivity index (χ0n) is 14.7. The molecule has 0 aromatic heterocycles. The molecular weight excluding hydrogens is 369 g/mol. The normalized spacial score (nSPS) is 16.1. The second-order valence-corrected chi connectivity index (χ2v) is 7.14. The molecule has 0 radical (unpaired) electrons. The monoisotopic (exact) mass is 389 g/mol. The molecule has 0 aliphatic carbocycles. The maximum atomic E-state index is 12.9. The molecule has 142 valence electrons. The summed E-state index contributed by atoms with van der Waals surface area (Å²) in [7, 11) is 0. The highest BCUT2D eigenvalue weighted by atomic mass is 32.2. The minimum atomic E-state index is -0.556. The number of anilines is 1. The molecule has 1 N–H and O–H groups in total. The summed E-state index contributed by atoms with van der Waals surface area (Å²) in [5, 5.41) is 2.55. The van der Waals surface area contributed by atoms with Crippen LogP contribution in [0.3, 0.4) is 0 Å². The smallest absolute Gasteiger partial charge is 0.339 e. The number of hydrogen-bond acceptors (Lipinski definition) is 5. The van der Waals surface area contributed by atoms with Crippen molar-refractivity contribution in [1.29, 1.82) is 0 Å². The highest BCUT2D eigenvalue weighted by Crippen LogP contribution is 2.27. The summed E-state index contributed by atoms with van der Waals surface area (Å²) in [6.07, 6.45) is 2.31. The molecule has 0 unspecified atom stereocenters. The van der Waals surface area contributed by atoms with E-state index >= 15 is 0 Å². The minimum Gasteiger partial charge on any atom is -0.452 e. The third-order valence-electron chi connectivity index (χ3n) is 4.02. The molecular formula is C20H20FNO4S. The minimum absolute atomic E-state index is 0.209. The van der Waals surface area contributed by atoms with Crippen molar-refractivity contribution in [2.75, 3.05) is 24.3 Å². The van der Waals surface area contributed by atoms with E-state index in [-0.39, 0.29) is 6.10 Å². The fourth-order valence-electron chi connectivity index (χ4n) is 2.66. The number of amides is 1. The Hall–Kier alpha value is -2.38. The summed E-state index contributed by atoms with van der Waals surface area (Å²) in [5.41, 5.74) is 0.861. The first-order chi connectivity index (χ1) is 13.1. The summed E-state index contributed by atoms with van der Waals surface area (Å²) in [6, 6.07) is 12.5. The molecule has 1 atom stereocenters. The van der Waals surface area contributed by atoms with Gasteiger partial charge in [0.25, 0.3) is 5.91 Å². The Morgan fingerprint density at radius 2 is 1.96 bits per heavy atom. The third-order valence-corrected chi connectivity index (χ3v) is 5.22. The van der Waals surface area contributed by atoms with Gasteiger partial charge in [0.1, 0.15) is 5.82 Å². The van der Waals surface area contributed by atoms with Gasteiger partial charge in [-0.3, -0.25) is 4.79 Å². The molecule has 27 heavy (non-hydrogen) atoms. The van der Waals surface area contributed by atoms with E-state index < -0.39 is 24.3 Å². The number of nitrogens with one attached hydrogen (secondary N) is 1. The van der Waals surface area contributed by atoms with E-state index in [2.05, 4.69) is 5.32 Å². The van der Waals surface area contributed by atoms with Crippen molar-refractivity contribution >= 4 is 29.3 Å². The molecule has 0 spiro atoms. The summed E-state index contributed by atoms with van der Waals surface area (Å²) in [5.74, 6) is -0.661. The molecule has 2 aromatic rings. The number of halogens is 1. The summed E-state index contributed by atoms with van der Waals surface area (Å²) < 4.78 is 23.6. The van der Waals surface area contributed by atoms with Gasteiger partial charge in [-0.2, -0.15) is 0 Å². The molecule has 3 rings (SSSR count). The fourth-order valence-corrected chi connectivity index (χ4v) is 3.77. The third kappa shape index (κ3) is 5.80. The standard InChI is InChI=1S/C20H20FNO4S/c21-14-7-9-15(10-8-14)22-19(23)12-26-20(24)17-5-1-2-6-18(17)27-13-16-4-3-11-25-16/h1-2,5-10,16H,3-4,11-13H2,(H,22,23)/t16-/m0/s1. The summed E-state index contributed by atoms with van der Waals surface area (Å²) in [6.45, 7) is 0.374. The van der Waals surface area contributed by atoms with E-state index in [1.807, 2.05) is 12.1 Å². The lowest BCUT2D eigenvalue weighted by Crippen LogP contribution is -2.21. The van der Waals surface area contributed by atoms with Crippen LogP contribution in [-0.2, 0) is 14.3 Å². The van der Waals surface area contributed by atoms with Crippen LogP contribution in [0.4, 0.5) is 10.1 Å². The van der Waals surface area contributed by atoms with Gasteiger partial charge >= 0.3 is 5.97 Å². The van der Waals surface area contributed by atoms with Gasteiger partial charge in [0.15, 0.2) is 6.61 Å². The lowest BCUT2D eigenvalue weighted by Gasteiger charge is -2.12. The first-order valence-electron chi connectivity index (χ1n) is 8.68. The second-order valence-electron chi connectivity index (χ2n) is 6.07. The van der Waals surface area contributed by atoms with Gasteiger partial charge in [-0.05, 0) is 49.2 Å². The average Bonchev–Trinajstić information content (AvgIpc) is 3.20. The van der Waals surface area contributed by atoms with E-state index in [0.717, 1.165) is 30.1 Å². The molecule has 0 saturated carbocycles. The van der Waals surface area contributed by atoms with Gasteiger partial charge < -0.3 is 14.8 Å². The number of carbonyl (C=O) groups excluding carboxylic acids is 2. The number of hydrogen-bond donors (Lipinski definition) is 1. The van der Waals surface area contributed by atoms with E-state index in [1.54, 1.807) is 23.9 Å². The number of rotatable bonds is 7. The predicted octanol–water partition coefficient (Wildman–Crippen LogP) is 3.89. The Bertz CT molecular complexity index is 791. The Morgan fingerprint density at radius 3 is 2.70 bits per heavy atom. The molecule has 1 aliphatic rings. The Kier molecular flexibility index (Phi) is 6.84. The number of carbonyl (C=O) groups is 2. The molecule has 0 bridgehead atoms. The highest BCUT2D eigenvalue weighted by molar-refractivity contribution is 7.99. The lowest BCUT2D eigenvalue weighted by molar-refractivity contribution is -0.119. The predicted molar refractivity (Wildman–Crippen MR) is 101 cm³/mol. The van der Waals surface area contributed by atoms with Crippen LogP contribution in [0.5, 0.6) is 0 Å². The maximum Gasteiger partial charge on any atom is 0.339 e. The zero-order chi connectivity index (χ0) is 19.1. The molecule has 2 aromatic carbocycles. The van der Waals surface area contributed by atoms with Crippen LogP contribution in [0.25, 0.3) is 0 Å². The van der Waals surface area contributed by atoms with Crippen molar-refractivity contribution in [3.63, 3.8) is 0 Å². The maximum absolute atomic E-state index is 12.9. The lowest BCUT2D eigenvalue weighted by atomic mass is 10.2. The van der Waals surface area contributed by atoms with Crippen molar-refractivity contribution in [1.82, 2.24) is 0 Å². The molecule has 1 saturated heterocycles. The van der Waals surface area contributed by atoms with Gasteiger partial charge in [-0.15, -0.1) is 11.8 Å². The number of ether oxygens (including phenoxy) is 2. The largest absolute Gasteiger partial charge is 0.452 e. The van der Waals surface area contributed by atoms with Crippen LogP contribution in [0.15, 0.2) is 53.4 Å². The first kappa shape index (κ1) is 19.4. The first-order valence-corrected chi connectivity index (χ1v) is 9.66. The fraction of sp³-hybridized carbons (Fsp3) is 0.300. The van der Waals surface area contributed by atoms with Gasteiger partial charge in [-0.1, -0.05) is 12.1 Å². The van der Waals surface area contributed by atoms with Gasteiger partial charge in [0.2, 0.25) is 0 Å². The molecule has 1 fully saturated rings. The van der Waals surface area contributed by atoms with Crippen molar-refractivity contribution in [3.05, 3.63) is 59.9 Å². The van der Waals surface area contributed by atoms with Crippen molar-refractivity contribution in [3.8, 4) is 0 Å². The van der Waals surface area contributed by atoms with E-state index in [1.165, 1.54) is 24.3 Å². The van der Waals surface area contributed by atoms with Crippen LogP contribution < -0.4 is 5.32 Å². The van der Waals surface area contributed by atoms with Crippen LogP contribution in [0, 0.1) is 5.82 Å².